The van der Waals surface area contributed by atoms with Gasteiger partial charge in [-0.25, -0.2) is 4.79 Å². The molecule has 0 saturated heterocycles. The normalized spacial score (nSPS) is 15.0. The van der Waals surface area contributed by atoms with Crippen molar-refractivity contribution in [2.75, 3.05) is 37.0 Å². The lowest BCUT2D eigenvalue weighted by Gasteiger charge is -2.21. The Morgan fingerprint density at radius 2 is 2.07 bits per heavy atom. The molecule has 0 saturated carbocycles. The van der Waals surface area contributed by atoms with Crippen LogP contribution in [0.15, 0.2) is 36.4 Å². The van der Waals surface area contributed by atoms with Gasteiger partial charge in [-0.2, -0.15) is 9.97 Å². The van der Waals surface area contributed by atoms with Crippen LogP contribution in [0, 0.1) is 10.1 Å². The second kappa shape index (κ2) is 9.54. The summed E-state index contributed by atoms with van der Waals surface area (Å²) in [6, 6.07) is 7.15. The van der Waals surface area contributed by atoms with E-state index in [1.807, 2.05) is 24.3 Å². The van der Waals surface area contributed by atoms with E-state index < -0.39 is 22.5 Å². The lowest BCUT2D eigenvalue weighted by molar-refractivity contribution is -0.383. The summed E-state index contributed by atoms with van der Waals surface area (Å²) in [5.74, 6) is -0.0358. The molecular formula is C19H21N5O6. The Morgan fingerprint density at radius 1 is 1.30 bits per heavy atom. The number of anilines is 2. The molecule has 4 bridgehead atoms. The zero-order valence-electron chi connectivity index (χ0n) is 16.3. The molecule has 0 atom stereocenters. The monoisotopic (exact) mass is 415 g/mol. The van der Waals surface area contributed by atoms with Gasteiger partial charge < -0.3 is 19.9 Å². The van der Waals surface area contributed by atoms with Gasteiger partial charge in [0.15, 0.2) is 0 Å². The van der Waals surface area contributed by atoms with Gasteiger partial charge in [-0.15, -0.1) is 0 Å². The highest BCUT2D eigenvalue weighted by Crippen LogP contribution is 2.33. The number of fused-ring (bicyclic) bond motifs is 4. The number of nitrogens with two attached hydrogens (primary N) is 1. The summed E-state index contributed by atoms with van der Waals surface area (Å²) in [5.41, 5.74) is 6.06. The second-order valence-corrected chi connectivity index (χ2v) is 6.16. The third kappa shape index (κ3) is 4.93. The Labute approximate surface area is 172 Å². The molecule has 2 heterocycles. The average molecular weight is 415 g/mol. The highest BCUT2D eigenvalue weighted by atomic mass is 16.6. The number of rotatable bonds is 2. The van der Waals surface area contributed by atoms with Gasteiger partial charge in [0.2, 0.25) is 11.6 Å². The Morgan fingerprint density at radius 3 is 2.80 bits per heavy atom. The fourth-order valence-electron chi connectivity index (χ4n) is 2.79. The van der Waals surface area contributed by atoms with Gasteiger partial charge in [0.05, 0.1) is 11.5 Å². The molecule has 11 heteroatoms. The first-order chi connectivity index (χ1) is 14.5. The molecule has 0 fully saturated rings. The van der Waals surface area contributed by atoms with Crippen LogP contribution in [0.5, 0.6) is 11.8 Å². The van der Waals surface area contributed by atoms with Crippen molar-refractivity contribution in [3.63, 3.8) is 0 Å². The minimum Gasteiger partial charge on any atom is -0.490 e. The first-order valence-electron chi connectivity index (χ1n) is 9.25. The fourth-order valence-corrected chi connectivity index (χ4v) is 2.79. The van der Waals surface area contributed by atoms with Gasteiger partial charge in [-0.05, 0) is 43.2 Å². The highest BCUT2D eigenvalue weighted by Gasteiger charge is 2.32. The van der Waals surface area contributed by atoms with Crippen molar-refractivity contribution < 1.29 is 23.9 Å². The van der Waals surface area contributed by atoms with Crippen LogP contribution in [0.4, 0.5) is 22.1 Å². The van der Waals surface area contributed by atoms with E-state index in [1.165, 1.54) is 0 Å². The van der Waals surface area contributed by atoms with E-state index in [0.717, 1.165) is 10.5 Å². The smallest absolute Gasteiger partial charge is 0.415 e. The standard InChI is InChI=1S/C19H21N5O6/c1-2-28-19(25)23-9-8-13-6-5-7-14(12-13)29-10-3-4-11-30-18-21-16(20)15(24(26)27)17(23)22-18/h3-7,12H,2,8-11H2,1H3,(H2,20,21,22)/b4-3-. The van der Waals surface area contributed by atoms with Gasteiger partial charge in [0.1, 0.15) is 19.0 Å². The number of ether oxygens (including phenoxy) is 3. The lowest BCUT2D eigenvalue weighted by atomic mass is 10.1. The molecule has 2 N–H and O–H groups in total. The highest BCUT2D eigenvalue weighted by molar-refractivity contribution is 5.90. The van der Waals surface area contributed by atoms with E-state index >= 15 is 0 Å². The van der Waals surface area contributed by atoms with E-state index in [-0.39, 0.29) is 31.6 Å². The fraction of sp³-hybridized carbons (Fsp3) is 0.316. The maximum atomic E-state index is 12.6. The predicted molar refractivity (Wildman–Crippen MR) is 108 cm³/mol. The van der Waals surface area contributed by atoms with E-state index in [2.05, 4.69) is 9.97 Å². The SMILES string of the molecule is CCOC(=O)N1CCc2cccc(c2)OC/C=C\COc2nc(N)c([N+](=O)[O-])c1n2. The van der Waals surface area contributed by atoms with Crippen molar-refractivity contribution in [2.45, 2.75) is 13.3 Å². The molecular weight excluding hydrogens is 394 g/mol. The van der Waals surface area contributed by atoms with Crippen LogP contribution in [0.25, 0.3) is 0 Å². The Bertz CT molecular complexity index is 964. The summed E-state index contributed by atoms with van der Waals surface area (Å²) in [5, 5.41) is 11.6. The van der Waals surface area contributed by atoms with Crippen LogP contribution in [0.3, 0.4) is 0 Å². The van der Waals surface area contributed by atoms with Crippen LogP contribution >= 0.6 is 0 Å². The van der Waals surface area contributed by atoms with Crippen LogP contribution in [-0.2, 0) is 11.2 Å². The Balaban J connectivity index is 2.08. The molecule has 0 aliphatic carbocycles. The number of benzene rings is 1. The number of amides is 1. The van der Waals surface area contributed by atoms with Crippen LogP contribution < -0.4 is 20.1 Å². The number of nitrogen functional groups attached to an aromatic ring is 1. The molecule has 1 aliphatic rings. The van der Waals surface area contributed by atoms with Crippen molar-refractivity contribution in [1.82, 2.24) is 9.97 Å². The molecule has 0 spiro atoms. The van der Waals surface area contributed by atoms with Gasteiger partial charge in [0, 0.05) is 6.54 Å². The third-order valence-corrected chi connectivity index (χ3v) is 4.14. The molecule has 0 radical (unpaired) electrons. The van der Waals surface area contributed by atoms with Crippen molar-refractivity contribution in [3.8, 4) is 11.8 Å². The van der Waals surface area contributed by atoms with Crippen LogP contribution in [0.1, 0.15) is 12.5 Å². The topological polar surface area (TPSA) is 143 Å². The van der Waals surface area contributed by atoms with E-state index in [0.29, 0.717) is 18.8 Å². The van der Waals surface area contributed by atoms with E-state index in [9.17, 15) is 14.9 Å². The summed E-state index contributed by atoms with van der Waals surface area (Å²) in [7, 11) is 0. The summed E-state index contributed by atoms with van der Waals surface area (Å²) in [6.45, 7) is 2.18. The maximum absolute atomic E-state index is 12.6. The number of aromatic nitrogens is 2. The second-order valence-electron chi connectivity index (χ2n) is 6.16. The quantitative estimate of drug-likeness (QED) is 0.444. The number of hydrogen-bond donors (Lipinski definition) is 1. The van der Waals surface area contributed by atoms with Crippen molar-refractivity contribution in [3.05, 3.63) is 52.1 Å². The zero-order chi connectivity index (χ0) is 21.5. The zero-order valence-corrected chi connectivity index (χ0v) is 16.3. The molecule has 1 aromatic heterocycles. The first-order valence-corrected chi connectivity index (χ1v) is 9.25. The molecule has 30 heavy (non-hydrogen) atoms. The predicted octanol–water partition coefficient (Wildman–Crippen LogP) is 2.50. The van der Waals surface area contributed by atoms with Gasteiger partial charge in [-0.3, -0.25) is 15.0 Å². The molecule has 0 unspecified atom stereocenters. The summed E-state index contributed by atoms with van der Waals surface area (Å²) in [6.07, 6.45) is 3.02. The minimum atomic E-state index is -0.790. The number of nitrogens with zero attached hydrogens (tertiary/aromatic N) is 4. The number of carbonyl (C=O) groups excluding carboxylic acids is 1. The van der Waals surface area contributed by atoms with Gasteiger partial charge in [-0.1, -0.05) is 12.1 Å². The molecule has 2 aromatic rings. The van der Waals surface area contributed by atoms with E-state index in [4.69, 9.17) is 19.9 Å². The maximum Gasteiger partial charge on any atom is 0.415 e. The van der Waals surface area contributed by atoms with Crippen LogP contribution in [-0.4, -0.2) is 47.3 Å². The lowest BCUT2D eigenvalue weighted by Crippen LogP contribution is -2.35. The molecule has 3 rings (SSSR count). The van der Waals surface area contributed by atoms with Crippen molar-refractivity contribution in [1.29, 1.82) is 0 Å². The minimum absolute atomic E-state index is 0.0528. The Hall–Kier alpha value is -3.89. The number of carbonyl (C=O) groups is 1. The molecule has 1 aromatic carbocycles. The number of nitro groups is 1. The molecule has 11 nitrogen and oxygen atoms in total. The van der Waals surface area contributed by atoms with E-state index in [1.54, 1.807) is 19.1 Å². The van der Waals surface area contributed by atoms with Gasteiger partial charge in [0.25, 0.3) is 0 Å². The largest absolute Gasteiger partial charge is 0.490 e. The molecule has 1 amide bonds. The molecule has 1 aliphatic heterocycles. The van der Waals surface area contributed by atoms with Crippen molar-refractivity contribution in [2.24, 2.45) is 0 Å². The van der Waals surface area contributed by atoms with Crippen molar-refractivity contribution >= 4 is 23.4 Å². The van der Waals surface area contributed by atoms with Gasteiger partial charge >= 0.3 is 17.8 Å². The summed E-state index contributed by atoms with van der Waals surface area (Å²) < 4.78 is 16.2. The third-order valence-electron chi connectivity index (χ3n) is 4.14. The summed E-state index contributed by atoms with van der Waals surface area (Å²) in [4.78, 5) is 32.5. The number of hydrogen-bond acceptors (Lipinski definition) is 9. The Kier molecular flexibility index (Phi) is 6.63. The average Bonchev–Trinajstić information content (AvgIpc) is 2.70. The van der Waals surface area contributed by atoms with Crippen LogP contribution in [0.2, 0.25) is 0 Å². The first kappa shape index (κ1) is 20.8. The summed E-state index contributed by atoms with van der Waals surface area (Å²) >= 11 is 0. The molecule has 158 valence electrons.